The number of alkyl halides is 3. The minimum atomic E-state index is -4.53. The van der Waals surface area contributed by atoms with Gasteiger partial charge in [-0.25, -0.2) is 4.79 Å². The number of nitrogens with zero attached hydrogens (tertiary/aromatic N) is 2. The molecule has 4 nitrogen and oxygen atoms in total. The molecule has 0 saturated carbocycles. The molecule has 0 aliphatic rings. The van der Waals surface area contributed by atoms with Gasteiger partial charge in [0, 0.05) is 13.6 Å². The van der Waals surface area contributed by atoms with Crippen LogP contribution in [0.25, 0.3) is 0 Å². The maximum Gasteiger partial charge on any atom is 0.422 e. The van der Waals surface area contributed by atoms with E-state index in [1.165, 1.54) is 7.05 Å². The van der Waals surface area contributed by atoms with Crippen molar-refractivity contribution in [3.8, 4) is 6.07 Å². The molecule has 15 heavy (non-hydrogen) atoms. The summed E-state index contributed by atoms with van der Waals surface area (Å²) < 4.78 is 38.9. The lowest BCUT2D eigenvalue weighted by molar-refractivity contribution is -0.162. The van der Waals surface area contributed by atoms with Gasteiger partial charge < -0.3 is 9.64 Å². The summed E-state index contributed by atoms with van der Waals surface area (Å²) in [5.74, 6) is -0.451. The number of ether oxygens (including phenoxy) is 1. The maximum absolute atomic E-state index is 11.7. The lowest BCUT2D eigenvalue weighted by atomic mass is 10.2. The summed E-state index contributed by atoms with van der Waals surface area (Å²) in [6, 6.07) is 1.85. The molecular formula is C8H11F3N2O2. The minimum Gasteiger partial charge on any atom is -0.440 e. The van der Waals surface area contributed by atoms with E-state index in [4.69, 9.17) is 5.26 Å². The van der Waals surface area contributed by atoms with Crippen molar-refractivity contribution in [1.82, 2.24) is 4.90 Å². The fraction of sp³-hybridized carbons (Fsp3) is 0.750. The number of carbonyl (C=O) groups excluding carboxylic acids is 1. The molecule has 0 aromatic heterocycles. The van der Waals surface area contributed by atoms with E-state index in [2.05, 4.69) is 4.74 Å². The molecule has 0 N–H and O–H groups in total. The molecular weight excluding hydrogens is 213 g/mol. The molecule has 0 saturated heterocycles. The summed E-state index contributed by atoms with van der Waals surface area (Å²) in [6.45, 7) is -0.0299. The second-order valence-corrected chi connectivity index (χ2v) is 3.08. The lowest BCUT2D eigenvalue weighted by Gasteiger charge is -2.18. The van der Waals surface area contributed by atoms with Crippen LogP contribution in [0.4, 0.5) is 18.0 Å². The molecule has 0 spiro atoms. The summed E-state index contributed by atoms with van der Waals surface area (Å²) >= 11 is 0. The fourth-order valence-corrected chi connectivity index (χ4v) is 0.780. The van der Waals surface area contributed by atoms with Crippen molar-refractivity contribution < 1.29 is 22.7 Å². The zero-order chi connectivity index (χ0) is 12.1. The molecule has 1 amide bonds. The first-order chi connectivity index (χ1) is 6.76. The van der Waals surface area contributed by atoms with Crippen molar-refractivity contribution in [1.29, 1.82) is 5.26 Å². The van der Waals surface area contributed by atoms with Crippen LogP contribution in [0.2, 0.25) is 0 Å². The van der Waals surface area contributed by atoms with Gasteiger partial charge in [-0.15, -0.1) is 0 Å². The van der Waals surface area contributed by atoms with Crippen molar-refractivity contribution in [2.24, 2.45) is 5.92 Å². The summed E-state index contributed by atoms with van der Waals surface area (Å²) in [7, 11) is 1.27. The number of amides is 1. The molecule has 86 valence electrons. The zero-order valence-corrected chi connectivity index (χ0v) is 8.34. The second kappa shape index (κ2) is 5.44. The van der Waals surface area contributed by atoms with Crippen LogP contribution in [0.15, 0.2) is 0 Å². The highest BCUT2D eigenvalue weighted by molar-refractivity contribution is 5.67. The molecule has 0 aromatic rings. The van der Waals surface area contributed by atoms with Gasteiger partial charge in [0.15, 0.2) is 6.61 Å². The summed E-state index contributed by atoms with van der Waals surface area (Å²) in [5.41, 5.74) is 0. The largest absolute Gasteiger partial charge is 0.440 e. The quantitative estimate of drug-likeness (QED) is 0.734. The van der Waals surface area contributed by atoms with Crippen LogP contribution in [0.3, 0.4) is 0 Å². The molecule has 1 unspecified atom stereocenters. The summed E-state index contributed by atoms with van der Waals surface area (Å²) in [4.78, 5) is 11.9. The van der Waals surface area contributed by atoms with Crippen LogP contribution in [0.5, 0.6) is 0 Å². The van der Waals surface area contributed by atoms with E-state index in [1.54, 1.807) is 6.92 Å². The molecule has 1 atom stereocenters. The minimum absolute atomic E-state index is 0.0349. The standard InChI is InChI=1S/C8H11F3N2O2/c1-6(3-12)4-13(2)7(14)15-5-8(9,10)11/h6H,4-5H2,1-2H3. The van der Waals surface area contributed by atoms with Gasteiger partial charge in [-0.05, 0) is 6.92 Å². The van der Waals surface area contributed by atoms with Crippen molar-refractivity contribution in [3.05, 3.63) is 0 Å². The third-order valence-corrected chi connectivity index (χ3v) is 1.44. The maximum atomic E-state index is 11.7. The molecule has 0 fully saturated rings. The molecule has 0 rings (SSSR count). The van der Waals surface area contributed by atoms with Crippen LogP contribution in [-0.2, 0) is 4.74 Å². The highest BCUT2D eigenvalue weighted by atomic mass is 19.4. The fourth-order valence-electron chi connectivity index (χ4n) is 0.780. The third-order valence-electron chi connectivity index (χ3n) is 1.44. The monoisotopic (exact) mass is 224 g/mol. The smallest absolute Gasteiger partial charge is 0.422 e. The van der Waals surface area contributed by atoms with Gasteiger partial charge in [-0.3, -0.25) is 0 Å². The first-order valence-corrected chi connectivity index (χ1v) is 4.10. The first-order valence-electron chi connectivity index (χ1n) is 4.10. The van der Waals surface area contributed by atoms with Gasteiger partial charge in [0.1, 0.15) is 0 Å². The van der Waals surface area contributed by atoms with Crippen LogP contribution < -0.4 is 0 Å². The second-order valence-electron chi connectivity index (χ2n) is 3.08. The van der Waals surface area contributed by atoms with E-state index in [-0.39, 0.29) is 6.54 Å². The molecule has 0 bridgehead atoms. The Kier molecular flexibility index (Phi) is 4.91. The predicted octanol–water partition coefficient (Wildman–Crippen LogP) is 1.78. The van der Waals surface area contributed by atoms with E-state index in [0.29, 0.717) is 0 Å². The van der Waals surface area contributed by atoms with Gasteiger partial charge in [-0.1, -0.05) is 0 Å². The van der Waals surface area contributed by atoms with E-state index in [9.17, 15) is 18.0 Å². The van der Waals surface area contributed by atoms with E-state index in [0.717, 1.165) is 4.90 Å². The number of rotatable bonds is 3. The molecule has 0 aromatic carbocycles. The van der Waals surface area contributed by atoms with Crippen LogP contribution in [-0.4, -0.2) is 37.4 Å². The molecule has 7 heteroatoms. The Hall–Kier alpha value is -1.45. The Morgan fingerprint density at radius 3 is 2.53 bits per heavy atom. The third kappa shape index (κ3) is 6.60. The lowest BCUT2D eigenvalue weighted by Crippen LogP contribution is -2.33. The van der Waals surface area contributed by atoms with E-state index < -0.39 is 24.8 Å². The Morgan fingerprint density at radius 1 is 1.60 bits per heavy atom. The Balaban J connectivity index is 3.96. The van der Waals surface area contributed by atoms with Crippen molar-refractivity contribution in [2.75, 3.05) is 20.2 Å². The van der Waals surface area contributed by atoms with Gasteiger partial charge >= 0.3 is 12.3 Å². The highest BCUT2D eigenvalue weighted by Gasteiger charge is 2.30. The molecule has 0 heterocycles. The van der Waals surface area contributed by atoms with Crippen molar-refractivity contribution in [2.45, 2.75) is 13.1 Å². The SMILES string of the molecule is CC(C#N)CN(C)C(=O)OCC(F)(F)F. The van der Waals surface area contributed by atoms with Gasteiger partial charge in [0.05, 0.1) is 12.0 Å². The number of carbonyl (C=O) groups is 1. The number of hydrogen-bond donors (Lipinski definition) is 0. The van der Waals surface area contributed by atoms with Crippen LogP contribution in [0, 0.1) is 17.2 Å². The average Bonchev–Trinajstić information content (AvgIpc) is 2.12. The van der Waals surface area contributed by atoms with Gasteiger partial charge in [-0.2, -0.15) is 18.4 Å². The van der Waals surface area contributed by atoms with Crippen LogP contribution >= 0.6 is 0 Å². The van der Waals surface area contributed by atoms with Crippen LogP contribution in [0.1, 0.15) is 6.92 Å². The van der Waals surface area contributed by atoms with E-state index in [1.807, 2.05) is 6.07 Å². The zero-order valence-electron chi connectivity index (χ0n) is 8.34. The summed E-state index contributed by atoms with van der Waals surface area (Å²) in [6.07, 6.45) is -5.62. The van der Waals surface area contributed by atoms with Gasteiger partial charge in [0.25, 0.3) is 0 Å². The molecule has 0 aliphatic carbocycles. The molecule has 0 radical (unpaired) electrons. The number of nitriles is 1. The van der Waals surface area contributed by atoms with Crippen molar-refractivity contribution >= 4 is 6.09 Å². The highest BCUT2D eigenvalue weighted by Crippen LogP contribution is 2.15. The average molecular weight is 224 g/mol. The Morgan fingerprint density at radius 2 is 2.13 bits per heavy atom. The van der Waals surface area contributed by atoms with E-state index >= 15 is 0 Å². The van der Waals surface area contributed by atoms with Crippen molar-refractivity contribution in [3.63, 3.8) is 0 Å². The summed E-state index contributed by atoms with van der Waals surface area (Å²) in [5, 5.41) is 8.42. The first kappa shape index (κ1) is 13.5. The van der Waals surface area contributed by atoms with Gasteiger partial charge in [0.2, 0.25) is 0 Å². The topological polar surface area (TPSA) is 53.3 Å². The number of halogens is 3. The number of hydrogen-bond acceptors (Lipinski definition) is 3. The predicted molar refractivity (Wildman–Crippen MR) is 44.8 cm³/mol. The Bertz CT molecular complexity index is 260. The molecule has 0 aliphatic heterocycles. The Labute approximate surface area is 85.2 Å². The normalized spacial score (nSPS) is 12.8.